The average Bonchev–Trinajstić information content (AvgIpc) is 2.39. The zero-order chi connectivity index (χ0) is 13.1. The molecule has 0 aliphatic rings. The second-order valence-electron chi connectivity index (χ2n) is 4.47. The first-order valence-corrected chi connectivity index (χ1v) is 5.84. The number of aromatic nitrogens is 1. The van der Waals surface area contributed by atoms with Gasteiger partial charge in [0.05, 0.1) is 6.20 Å². The molecular formula is C15H14FNO. The molecule has 2 rings (SSSR count). The van der Waals surface area contributed by atoms with Crippen molar-refractivity contribution in [1.82, 2.24) is 4.98 Å². The molecule has 0 N–H and O–H groups in total. The maximum absolute atomic E-state index is 12.7. The van der Waals surface area contributed by atoms with E-state index in [1.807, 2.05) is 12.1 Å². The van der Waals surface area contributed by atoms with E-state index in [2.05, 4.69) is 18.8 Å². The van der Waals surface area contributed by atoms with Gasteiger partial charge in [-0.15, -0.1) is 0 Å². The highest BCUT2D eigenvalue weighted by atomic mass is 19.1. The molecule has 1 aromatic carbocycles. The lowest BCUT2D eigenvalue weighted by Gasteiger charge is -2.06. The normalized spacial score (nSPS) is 10.7. The molecule has 18 heavy (non-hydrogen) atoms. The number of ketones is 1. The number of benzene rings is 1. The van der Waals surface area contributed by atoms with Gasteiger partial charge < -0.3 is 0 Å². The first-order chi connectivity index (χ1) is 8.58. The Hall–Kier alpha value is -2.03. The minimum absolute atomic E-state index is 0.190. The van der Waals surface area contributed by atoms with Gasteiger partial charge in [-0.25, -0.2) is 9.37 Å². The molecule has 1 aromatic heterocycles. The molecule has 0 aliphatic carbocycles. The zero-order valence-corrected chi connectivity index (χ0v) is 10.4. The Morgan fingerprint density at radius 2 is 1.78 bits per heavy atom. The van der Waals surface area contributed by atoms with Crippen LogP contribution in [0.5, 0.6) is 0 Å². The fraction of sp³-hybridized carbons (Fsp3) is 0.200. The quantitative estimate of drug-likeness (QED) is 0.771. The van der Waals surface area contributed by atoms with Gasteiger partial charge in [0.1, 0.15) is 11.5 Å². The summed E-state index contributed by atoms with van der Waals surface area (Å²) >= 11 is 0. The Bertz CT molecular complexity index is 544. The molecule has 0 saturated carbocycles. The van der Waals surface area contributed by atoms with Crippen LogP contribution in [0.25, 0.3) is 0 Å². The Morgan fingerprint density at radius 1 is 1.11 bits per heavy atom. The number of carbonyl (C=O) groups excluding carboxylic acids is 1. The Kier molecular flexibility index (Phi) is 3.51. The van der Waals surface area contributed by atoms with Crippen LogP contribution in [-0.4, -0.2) is 10.8 Å². The summed E-state index contributed by atoms with van der Waals surface area (Å²) in [5, 5.41) is 0. The fourth-order valence-electron chi connectivity index (χ4n) is 1.68. The third-order valence-electron chi connectivity index (χ3n) is 2.80. The molecule has 2 nitrogen and oxygen atoms in total. The molecule has 1 heterocycles. The van der Waals surface area contributed by atoms with Crippen LogP contribution in [0.4, 0.5) is 4.39 Å². The molecule has 0 fully saturated rings. The Labute approximate surface area is 105 Å². The van der Waals surface area contributed by atoms with Gasteiger partial charge in [0, 0.05) is 5.56 Å². The van der Waals surface area contributed by atoms with E-state index in [9.17, 15) is 9.18 Å². The summed E-state index contributed by atoms with van der Waals surface area (Å²) in [6, 6.07) is 10.1. The number of halogens is 1. The van der Waals surface area contributed by atoms with Crippen LogP contribution in [0.2, 0.25) is 0 Å². The van der Waals surface area contributed by atoms with Gasteiger partial charge in [0.25, 0.3) is 0 Å². The van der Waals surface area contributed by atoms with Crippen molar-refractivity contribution in [3.8, 4) is 0 Å². The van der Waals surface area contributed by atoms with E-state index in [1.165, 1.54) is 17.7 Å². The van der Waals surface area contributed by atoms with E-state index in [4.69, 9.17) is 0 Å². The third-order valence-corrected chi connectivity index (χ3v) is 2.80. The maximum atomic E-state index is 12.7. The van der Waals surface area contributed by atoms with Crippen molar-refractivity contribution in [3.05, 3.63) is 65.2 Å². The second kappa shape index (κ2) is 5.08. The van der Waals surface area contributed by atoms with Crippen LogP contribution in [-0.2, 0) is 0 Å². The van der Waals surface area contributed by atoms with Crippen LogP contribution in [0, 0.1) is 5.82 Å². The molecule has 0 aliphatic heterocycles. The molecule has 3 heteroatoms. The molecule has 2 aromatic rings. The predicted octanol–water partition coefficient (Wildman–Crippen LogP) is 3.58. The van der Waals surface area contributed by atoms with Gasteiger partial charge in [-0.2, -0.15) is 0 Å². The standard InChI is InChI=1S/C15H14FNO/c1-10(2)11-3-5-12(6-4-11)15(18)14-8-7-13(16)9-17-14/h3-10H,1-2H3. The molecule has 0 atom stereocenters. The van der Waals surface area contributed by atoms with Gasteiger partial charge >= 0.3 is 0 Å². The minimum Gasteiger partial charge on any atom is -0.287 e. The van der Waals surface area contributed by atoms with Crippen molar-refractivity contribution in [1.29, 1.82) is 0 Å². The SMILES string of the molecule is CC(C)c1ccc(C(=O)c2ccc(F)cn2)cc1. The minimum atomic E-state index is -0.443. The van der Waals surface area contributed by atoms with Crippen molar-refractivity contribution in [2.75, 3.05) is 0 Å². The first-order valence-electron chi connectivity index (χ1n) is 5.84. The Morgan fingerprint density at radius 3 is 2.28 bits per heavy atom. The average molecular weight is 243 g/mol. The largest absolute Gasteiger partial charge is 0.287 e. The first kappa shape index (κ1) is 12.4. The number of rotatable bonds is 3. The predicted molar refractivity (Wildman–Crippen MR) is 68.2 cm³/mol. The molecule has 0 bridgehead atoms. The third kappa shape index (κ3) is 2.62. The maximum Gasteiger partial charge on any atom is 0.211 e. The summed E-state index contributed by atoms with van der Waals surface area (Å²) < 4.78 is 12.7. The Balaban J connectivity index is 2.26. The molecular weight excluding hydrogens is 229 g/mol. The van der Waals surface area contributed by atoms with Crippen LogP contribution in [0.1, 0.15) is 41.4 Å². The number of carbonyl (C=O) groups is 1. The van der Waals surface area contributed by atoms with E-state index in [-0.39, 0.29) is 11.5 Å². The zero-order valence-electron chi connectivity index (χ0n) is 10.4. The van der Waals surface area contributed by atoms with Gasteiger partial charge in [0.2, 0.25) is 5.78 Å². The van der Waals surface area contributed by atoms with Crippen molar-refractivity contribution in [2.45, 2.75) is 19.8 Å². The van der Waals surface area contributed by atoms with Crippen molar-refractivity contribution >= 4 is 5.78 Å². The summed E-state index contributed by atoms with van der Waals surface area (Å²) in [5.74, 6) is -0.204. The summed E-state index contributed by atoms with van der Waals surface area (Å²) in [4.78, 5) is 15.8. The molecule has 0 amide bonds. The van der Waals surface area contributed by atoms with E-state index >= 15 is 0 Å². The fourth-order valence-corrected chi connectivity index (χ4v) is 1.68. The lowest BCUT2D eigenvalue weighted by Crippen LogP contribution is -2.04. The number of pyridine rings is 1. The smallest absolute Gasteiger partial charge is 0.211 e. The molecule has 0 unspecified atom stereocenters. The highest BCUT2D eigenvalue weighted by Gasteiger charge is 2.10. The molecule has 92 valence electrons. The van der Waals surface area contributed by atoms with Crippen molar-refractivity contribution in [2.24, 2.45) is 0 Å². The second-order valence-corrected chi connectivity index (χ2v) is 4.47. The highest BCUT2D eigenvalue weighted by Crippen LogP contribution is 2.16. The van der Waals surface area contributed by atoms with Crippen LogP contribution in [0.3, 0.4) is 0 Å². The van der Waals surface area contributed by atoms with Gasteiger partial charge in [-0.3, -0.25) is 4.79 Å². The molecule has 0 spiro atoms. The lowest BCUT2D eigenvalue weighted by molar-refractivity contribution is 0.103. The number of hydrogen-bond acceptors (Lipinski definition) is 2. The van der Waals surface area contributed by atoms with Crippen LogP contribution < -0.4 is 0 Å². The number of hydrogen-bond donors (Lipinski definition) is 0. The van der Waals surface area contributed by atoms with Gasteiger partial charge in [-0.1, -0.05) is 38.1 Å². The van der Waals surface area contributed by atoms with Gasteiger partial charge in [-0.05, 0) is 23.6 Å². The van der Waals surface area contributed by atoms with Crippen molar-refractivity contribution in [3.63, 3.8) is 0 Å². The van der Waals surface area contributed by atoms with E-state index in [1.54, 1.807) is 12.1 Å². The van der Waals surface area contributed by atoms with Crippen molar-refractivity contribution < 1.29 is 9.18 Å². The van der Waals surface area contributed by atoms with E-state index in [0.717, 1.165) is 6.20 Å². The summed E-state index contributed by atoms with van der Waals surface area (Å²) in [5.41, 5.74) is 2.01. The highest BCUT2D eigenvalue weighted by molar-refractivity contribution is 6.07. The van der Waals surface area contributed by atoms with Crippen LogP contribution >= 0.6 is 0 Å². The summed E-state index contributed by atoms with van der Waals surface area (Å²) in [7, 11) is 0. The van der Waals surface area contributed by atoms with E-state index < -0.39 is 5.82 Å². The van der Waals surface area contributed by atoms with Gasteiger partial charge in [0.15, 0.2) is 0 Å². The monoisotopic (exact) mass is 243 g/mol. The topological polar surface area (TPSA) is 30.0 Å². The lowest BCUT2D eigenvalue weighted by atomic mass is 9.99. The number of nitrogens with zero attached hydrogens (tertiary/aromatic N) is 1. The van der Waals surface area contributed by atoms with E-state index in [0.29, 0.717) is 11.5 Å². The summed E-state index contributed by atoms with van der Waals surface area (Å²) in [6.07, 6.45) is 1.05. The molecule has 0 saturated heterocycles. The molecule has 0 radical (unpaired) electrons. The van der Waals surface area contributed by atoms with Crippen LogP contribution in [0.15, 0.2) is 42.6 Å². The summed E-state index contributed by atoms with van der Waals surface area (Å²) in [6.45, 7) is 4.19.